The molecule has 0 amide bonds. The Morgan fingerprint density at radius 3 is 1.52 bits per heavy atom. The van der Waals surface area contributed by atoms with Crippen molar-refractivity contribution in [3.8, 4) is 113 Å². The van der Waals surface area contributed by atoms with Crippen LogP contribution in [0.3, 0.4) is 0 Å². The Bertz CT molecular complexity index is 6670. The quantitative estimate of drug-likeness (QED) is 0.135. The van der Waals surface area contributed by atoms with Gasteiger partial charge in [-0.3, -0.25) is 0 Å². The molecule has 492 valence electrons. The third-order valence-corrected chi connectivity index (χ3v) is 21.3. The van der Waals surface area contributed by atoms with E-state index in [-0.39, 0.29) is 0 Å². The summed E-state index contributed by atoms with van der Waals surface area (Å²) in [5.74, 6) is 4.63. The largest absolute Gasteiger partial charge is 0.457 e. The van der Waals surface area contributed by atoms with Crippen LogP contribution in [0.4, 0.5) is 0 Å². The number of aromatic nitrogens is 3. The Hall–Kier alpha value is -14.5. The molecule has 3 aliphatic rings. The smallest absolute Gasteiger partial charge is 0.164 e. The number of para-hydroxylation sites is 1. The van der Waals surface area contributed by atoms with E-state index < -0.39 is 11.6 Å². The molecule has 9 heteroatoms. The van der Waals surface area contributed by atoms with Gasteiger partial charge in [0.05, 0.1) is 28.7 Å². The lowest BCUT2D eigenvalue weighted by atomic mass is 9.65. The Balaban J connectivity index is 0.703. The van der Waals surface area contributed by atoms with Crippen LogP contribution in [0, 0.1) is 22.7 Å². The van der Waals surface area contributed by atoms with Crippen LogP contribution in [-0.2, 0) is 5.41 Å². The molecular weight excluding hydrogens is 1290 g/mol. The first kappa shape index (κ1) is 61.4. The molecule has 1 spiro atoms. The molecule has 16 aromatic carbocycles. The number of hydrogen-bond acceptors (Lipinski definition) is 9. The Kier molecular flexibility index (Phi) is 14.4. The number of nitriles is 2. The van der Waals surface area contributed by atoms with Crippen LogP contribution in [-0.4, -0.2) is 26.6 Å². The van der Waals surface area contributed by atoms with Crippen molar-refractivity contribution in [1.82, 2.24) is 20.3 Å². The normalized spacial score (nSPS) is 14.6. The van der Waals surface area contributed by atoms with Crippen LogP contribution in [0.15, 0.2) is 350 Å². The van der Waals surface area contributed by atoms with Crippen molar-refractivity contribution in [1.29, 1.82) is 10.5 Å². The first-order valence-electron chi connectivity index (χ1n) is 35.5. The number of benzene rings is 16. The van der Waals surface area contributed by atoms with E-state index in [1.165, 1.54) is 21.9 Å². The van der Waals surface area contributed by atoms with Crippen LogP contribution in [0.2, 0.25) is 0 Å². The Morgan fingerprint density at radius 2 is 0.802 bits per heavy atom. The van der Waals surface area contributed by atoms with Crippen LogP contribution < -0.4 is 10.1 Å². The Labute approximate surface area is 611 Å². The number of ether oxygens (including phenoxy) is 1. The summed E-state index contributed by atoms with van der Waals surface area (Å²) in [6, 6.07) is 123. The monoisotopic (exact) mass is 1350 g/mol. The van der Waals surface area contributed by atoms with E-state index in [0.29, 0.717) is 34.4 Å². The molecule has 2 atom stereocenters. The van der Waals surface area contributed by atoms with Crippen molar-refractivity contribution in [3.05, 3.63) is 390 Å². The molecule has 0 saturated heterocycles. The van der Waals surface area contributed by atoms with E-state index in [2.05, 4.69) is 248 Å². The predicted molar refractivity (Wildman–Crippen MR) is 427 cm³/mol. The third-order valence-electron chi connectivity index (χ3n) is 21.3. The van der Waals surface area contributed by atoms with E-state index >= 15 is 0 Å². The maximum Gasteiger partial charge on any atom is 0.164 e. The minimum absolute atomic E-state index is 0.496. The molecule has 0 radical (unpaired) electrons. The average molecular weight is 1350 g/mol. The van der Waals surface area contributed by atoms with Gasteiger partial charge in [0.2, 0.25) is 0 Å². The third kappa shape index (κ3) is 10.2. The lowest BCUT2D eigenvalue weighted by Crippen LogP contribution is -2.34. The van der Waals surface area contributed by atoms with Gasteiger partial charge in [-0.05, 0) is 171 Å². The summed E-state index contributed by atoms with van der Waals surface area (Å²) in [4.78, 5) is 26.5. The number of fused-ring (bicyclic) bond motifs is 16. The molecule has 1 N–H and O–H groups in total. The molecule has 0 saturated carbocycles. The second-order valence-electron chi connectivity index (χ2n) is 27.2. The summed E-state index contributed by atoms with van der Waals surface area (Å²) in [6.07, 6.45) is -0.496. The van der Waals surface area contributed by atoms with Crippen LogP contribution in [0.25, 0.3) is 133 Å². The molecule has 2 unspecified atom stereocenters. The number of hydrogen-bond donors (Lipinski definition) is 1. The van der Waals surface area contributed by atoms with Crippen molar-refractivity contribution < 1.29 is 4.74 Å². The first-order chi connectivity index (χ1) is 52.4. The molecule has 0 fully saturated rings. The summed E-state index contributed by atoms with van der Waals surface area (Å²) in [6.45, 7) is 0. The first-order valence-corrected chi connectivity index (χ1v) is 35.5. The molecule has 1 aromatic heterocycles. The molecule has 20 rings (SSSR count). The molecule has 2 aliphatic heterocycles. The lowest BCUT2D eigenvalue weighted by molar-refractivity contribution is 0.436. The number of aliphatic imine (C=N–C) groups is 2. The van der Waals surface area contributed by atoms with E-state index in [0.717, 1.165) is 150 Å². The molecular formula is C97H58N8O. The minimum Gasteiger partial charge on any atom is -0.457 e. The maximum atomic E-state index is 9.68. The fourth-order valence-corrected chi connectivity index (χ4v) is 16.3. The number of nitrogens with one attached hydrogen (secondary N) is 1. The minimum atomic E-state index is -0.766. The summed E-state index contributed by atoms with van der Waals surface area (Å²) in [5, 5.41) is 32.2. The van der Waals surface area contributed by atoms with E-state index in [4.69, 9.17) is 29.7 Å². The van der Waals surface area contributed by atoms with Crippen LogP contribution >= 0.6 is 0 Å². The second-order valence-corrected chi connectivity index (χ2v) is 27.2. The molecule has 17 aromatic rings. The number of rotatable bonds is 10. The van der Waals surface area contributed by atoms with Gasteiger partial charge in [-0.1, -0.05) is 279 Å². The highest BCUT2D eigenvalue weighted by molar-refractivity contribution is 6.27. The van der Waals surface area contributed by atoms with Gasteiger partial charge >= 0.3 is 0 Å². The highest BCUT2D eigenvalue weighted by atomic mass is 16.5. The van der Waals surface area contributed by atoms with Gasteiger partial charge in [0.15, 0.2) is 23.3 Å². The molecule has 106 heavy (non-hydrogen) atoms. The summed E-state index contributed by atoms with van der Waals surface area (Å²) in [7, 11) is 0. The zero-order valence-corrected chi connectivity index (χ0v) is 56.9. The van der Waals surface area contributed by atoms with E-state index in [1.54, 1.807) is 0 Å². The molecule has 1 aliphatic carbocycles. The summed E-state index contributed by atoms with van der Waals surface area (Å²) in [5.41, 5.74) is 20.8. The average Bonchev–Trinajstić information content (AvgIpc) is 1.49. The lowest BCUT2D eigenvalue weighted by Gasteiger charge is -2.39. The molecule has 0 bridgehead atoms. The summed E-state index contributed by atoms with van der Waals surface area (Å²) >= 11 is 0. The van der Waals surface area contributed by atoms with Gasteiger partial charge in [-0.2, -0.15) is 10.5 Å². The van der Waals surface area contributed by atoms with Gasteiger partial charge in [0.1, 0.15) is 23.5 Å². The zero-order chi connectivity index (χ0) is 70.4. The van der Waals surface area contributed by atoms with Gasteiger partial charge in [-0.25, -0.2) is 24.9 Å². The highest BCUT2D eigenvalue weighted by Crippen LogP contribution is 2.63. The van der Waals surface area contributed by atoms with Gasteiger partial charge < -0.3 is 10.1 Å². The van der Waals surface area contributed by atoms with E-state index in [9.17, 15) is 10.5 Å². The van der Waals surface area contributed by atoms with Crippen molar-refractivity contribution in [2.24, 2.45) is 9.98 Å². The van der Waals surface area contributed by atoms with Crippen molar-refractivity contribution >= 4 is 54.8 Å². The Morgan fingerprint density at radius 1 is 0.311 bits per heavy atom. The van der Waals surface area contributed by atoms with Crippen molar-refractivity contribution in [2.75, 3.05) is 0 Å². The maximum absolute atomic E-state index is 9.68. The van der Waals surface area contributed by atoms with E-state index in [1.807, 2.05) is 109 Å². The van der Waals surface area contributed by atoms with Crippen LogP contribution in [0.1, 0.15) is 56.2 Å². The zero-order valence-electron chi connectivity index (χ0n) is 56.9. The number of amidine groups is 2. The highest BCUT2D eigenvalue weighted by Gasteiger charge is 2.51. The number of nitrogens with zero attached hydrogens (tertiary/aromatic N) is 7. The van der Waals surface area contributed by atoms with Gasteiger partial charge in [-0.15, -0.1) is 0 Å². The topological polar surface area (TPSA) is 132 Å². The molecule has 9 nitrogen and oxygen atoms in total. The second kappa shape index (κ2) is 24.9. The van der Waals surface area contributed by atoms with Crippen molar-refractivity contribution in [2.45, 2.75) is 11.6 Å². The van der Waals surface area contributed by atoms with Gasteiger partial charge in [0.25, 0.3) is 0 Å². The predicted octanol–water partition coefficient (Wildman–Crippen LogP) is 22.9. The molecule has 3 heterocycles. The fraction of sp³-hybridized carbons (Fsp3) is 0.0206. The summed E-state index contributed by atoms with van der Waals surface area (Å²) < 4.78 is 7.22. The van der Waals surface area contributed by atoms with Crippen molar-refractivity contribution in [3.63, 3.8) is 0 Å². The van der Waals surface area contributed by atoms with Crippen LogP contribution in [0.5, 0.6) is 11.5 Å². The van der Waals surface area contributed by atoms with Gasteiger partial charge in [0, 0.05) is 44.5 Å². The SMILES string of the molecule is N#Cc1cccc(-c2ccc(C3=NC(c4ccc5c(c4)C4(c6ccccc6Oc6cc(-c7ccc8c(c7)c7ccccc7c7ccc(-c9c(-c%10nc(-c%11ccccc%11)nc(-c%11ccc(-c%12cccc(C#N)c%12)cc%11)n%10)ccc%10ccccc9%10)cc78)ccc64)c4ccccc4-5)NC(c4ccccc4)=N3)cc2)c1. The standard InChI is InChI=1S/C97H58N8O/c98-57-59-17-15-24-68(51-59)61-33-37-66(38-34-61)93-100-91(64-20-3-1-4-21-64)102-95(103-93)73-44-48-80-79-29-11-12-30-84(79)97(87(80)55-73)85-31-13-14-32-88(85)106-89-56-71(45-50-86(89)97)70-42-46-78-82(53-70)76-28-10-9-27-75(76)77-47-43-72(54-83(77)78)90-74-26-8-7-19-63(74)41-49-81(90)96-104-92(65-22-5-2-6-23-65)101-94(105-96)67-39-35-62(36-40-67)69-25-16-18-60(52-69)58-99/h1-56,95H,(H,100,102,103). The fourth-order valence-electron chi connectivity index (χ4n) is 16.3.